The Balaban J connectivity index is 1.78. The Bertz CT molecular complexity index is 564. The summed E-state index contributed by atoms with van der Waals surface area (Å²) in [4.78, 5) is 2.41. The van der Waals surface area contributed by atoms with Crippen molar-refractivity contribution in [1.82, 2.24) is 20.0 Å². The largest absolute Gasteiger partial charge is 0.312 e. The Hall–Kier alpha value is -1.72. The quantitative estimate of drug-likeness (QED) is 0.926. The number of hydrogen-bond donors (Lipinski definition) is 1. The smallest absolute Gasteiger partial charge is 0.123 e. The molecular formula is C15H19FN4. The van der Waals surface area contributed by atoms with Crippen LogP contribution in [0, 0.1) is 5.82 Å². The minimum Gasteiger partial charge on any atom is -0.312 e. The third-order valence-electron chi connectivity index (χ3n) is 3.63. The normalized spacial score (nSPS) is 20.2. The molecule has 1 aliphatic heterocycles. The van der Waals surface area contributed by atoms with Crippen molar-refractivity contribution in [2.24, 2.45) is 0 Å². The molecule has 0 radical (unpaired) electrons. The molecule has 1 fully saturated rings. The molecule has 1 aromatic heterocycles. The van der Waals surface area contributed by atoms with E-state index in [0.717, 1.165) is 37.6 Å². The predicted octanol–water partition coefficient (Wildman–Crippen LogP) is 1.81. The van der Waals surface area contributed by atoms with Gasteiger partial charge in [0.1, 0.15) is 5.82 Å². The van der Waals surface area contributed by atoms with Crippen LogP contribution in [0.3, 0.4) is 0 Å². The number of halogens is 1. The molecule has 106 valence electrons. The molecular weight excluding hydrogens is 255 g/mol. The number of nitrogens with zero attached hydrogens (tertiary/aromatic N) is 3. The first-order valence-electron chi connectivity index (χ1n) is 6.97. The van der Waals surface area contributed by atoms with Crippen LogP contribution in [0.2, 0.25) is 0 Å². The Morgan fingerprint density at radius 3 is 2.85 bits per heavy atom. The highest BCUT2D eigenvalue weighted by Gasteiger charge is 2.17. The summed E-state index contributed by atoms with van der Waals surface area (Å²) < 4.78 is 14.9. The maximum absolute atomic E-state index is 13.0. The van der Waals surface area contributed by atoms with Gasteiger partial charge in [0.25, 0.3) is 0 Å². The van der Waals surface area contributed by atoms with Gasteiger partial charge >= 0.3 is 0 Å². The highest BCUT2D eigenvalue weighted by Crippen LogP contribution is 2.14. The first-order chi connectivity index (χ1) is 9.72. The van der Waals surface area contributed by atoms with Crippen LogP contribution in [0.25, 0.3) is 5.69 Å². The third kappa shape index (κ3) is 2.89. The summed E-state index contributed by atoms with van der Waals surface area (Å²) in [5.74, 6) is -0.224. The maximum atomic E-state index is 13.0. The number of benzene rings is 1. The second-order valence-electron chi connectivity index (χ2n) is 5.30. The highest BCUT2D eigenvalue weighted by atomic mass is 19.1. The van der Waals surface area contributed by atoms with Gasteiger partial charge in [-0.1, -0.05) is 0 Å². The van der Waals surface area contributed by atoms with Crippen LogP contribution in [0.15, 0.2) is 36.5 Å². The molecule has 0 spiro atoms. The molecule has 0 aliphatic carbocycles. The highest BCUT2D eigenvalue weighted by molar-refractivity contribution is 5.32. The summed E-state index contributed by atoms with van der Waals surface area (Å²) in [7, 11) is 0. The van der Waals surface area contributed by atoms with Crippen LogP contribution in [-0.2, 0) is 6.54 Å². The molecule has 1 unspecified atom stereocenters. The van der Waals surface area contributed by atoms with Gasteiger partial charge in [0.05, 0.1) is 11.4 Å². The summed E-state index contributed by atoms with van der Waals surface area (Å²) in [6.45, 7) is 6.16. The lowest BCUT2D eigenvalue weighted by Crippen LogP contribution is -2.48. The summed E-state index contributed by atoms with van der Waals surface area (Å²) in [5.41, 5.74) is 2.03. The van der Waals surface area contributed by atoms with E-state index in [9.17, 15) is 4.39 Å². The molecule has 4 nitrogen and oxygen atoms in total. The number of aromatic nitrogens is 2. The fraction of sp³-hybridized carbons (Fsp3) is 0.400. The second kappa shape index (κ2) is 5.73. The minimum absolute atomic E-state index is 0.224. The van der Waals surface area contributed by atoms with Gasteiger partial charge in [0, 0.05) is 38.4 Å². The van der Waals surface area contributed by atoms with E-state index in [1.54, 1.807) is 18.3 Å². The lowest BCUT2D eigenvalue weighted by molar-refractivity contribution is 0.196. The van der Waals surface area contributed by atoms with Crippen molar-refractivity contribution < 1.29 is 4.39 Å². The first kappa shape index (κ1) is 13.3. The van der Waals surface area contributed by atoms with Crippen LogP contribution in [0.1, 0.15) is 12.6 Å². The average molecular weight is 274 g/mol. The van der Waals surface area contributed by atoms with E-state index < -0.39 is 0 Å². The van der Waals surface area contributed by atoms with Gasteiger partial charge < -0.3 is 5.32 Å². The molecule has 0 amide bonds. The molecule has 5 heteroatoms. The summed E-state index contributed by atoms with van der Waals surface area (Å²) >= 11 is 0. The van der Waals surface area contributed by atoms with E-state index in [4.69, 9.17) is 0 Å². The molecule has 1 aromatic carbocycles. The maximum Gasteiger partial charge on any atom is 0.123 e. The van der Waals surface area contributed by atoms with E-state index in [0.29, 0.717) is 6.04 Å². The first-order valence-corrected chi connectivity index (χ1v) is 6.97. The summed E-state index contributed by atoms with van der Waals surface area (Å²) in [6.07, 6.45) is 1.80. The molecule has 0 bridgehead atoms. The van der Waals surface area contributed by atoms with Crippen molar-refractivity contribution in [2.45, 2.75) is 19.5 Å². The SMILES string of the molecule is CC1CN(Cc2ccnn2-c2ccc(F)cc2)CCN1. The Morgan fingerprint density at radius 2 is 2.10 bits per heavy atom. The van der Waals surface area contributed by atoms with Gasteiger partial charge in [-0.05, 0) is 37.3 Å². The van der Waals surface area contributed by atoms with Crippen LogP contribution >= 0.6 is 0 Å². The van der Waals surface area contributed by atoms with Gasteiger partial charge in [0.2, 0.25) is 0 Å². The Kier molecular flexibility index (Phi) is 3.80. The number of hydrogen-bond acceptors (Lipinski definition) is 3. The number of nitrogens with one attached hydrogen (secondary N) is 1. The van der Waals surface area contributed by atoms with E-state index >= 15 is 0 Å². The third-order valence-corrected chi connectivity index (χ3v) is 3.63. The molecule has 1 N–H and O–H groups in total. The zero-order valence-corrected chi connectivity index (χ0v) is 11.6. The monoisotopic (exact) mass is 274 g/mol. The average Bonchev–Trinajstić information content (AvgIpc) is 2.88. The van der Waals surface area contributed by atoms with E-state index in [1.807, 2.05) is 10.7 Å². The zero-order valence-electron chi connectivity index (χ0n) is 11.6. The van der Waals surface area contributed by atoms with E-state index in [2.05, 4.69) is 22.2 Å². The van der Waals surface area contributed by atoms with Crippen LogP contribution < -0.4 is 5.32 Å². The molecule has 1 aliphatic rings. The van der Waals surface area contributed by atoms with E-state index in [-0.39, 0.29) is 5.82 Å². The number of piperazine rings is 1. The lowest BCUT2D eigenvalue weighted by Gasteiger charge is -2.31. The molecule has 1 atom stereocenters. The summed E-state index contributed by atoms with van der Waals surface area (Å²) in [6, 6.07) is 8.99. The zero-order chi connectivity index (χ0) is 13.9. The Morgan fingerprint density at radius 1 is 1.30 bits per heavy atom. The van der Waals surface area contributed by atoms with Crippen molar-refractivity contribution in [1.29, 1.82) is 0 Å². The van der Waals surface area contributed by atoms with Gasteiger partial charge in [-0.15, -0.1) is 0 Å². The fourth-order valence-corrected chi connectivity index (χ4v) is 2.65. The lowest BCUT2D eigenvalue weighted by atomic mass is 10.2. The van der Waals surface area contributed by atoms with Crippen molar-refractivity contribution >= 4 is 0 Å². The van der Waals surface area contributed by atoms with Crippen LogP contribution in [0.5, 0.6) is 0 Å². The van der Waals surface area contributed by atoms with Crippen molar-refractivity contribution in [3.63, 3.8) is 0 Å². The summed E-state index contributed by atoms with van der Waals surface area (Å²) in [5, 5.41) is 7.79. The van der Waals surface area contributed by atoms with Gasteiger partial charge in [-0.25, -0.2) is 9.07 Å². The molecule has 3 rings (SSSR count). The number of rotatable bonds is 3. The van der Waals surface area contributed by atoms with Gasteiger partial charge in [-0.3, -0.25) is 4.90 Å². The van der Waals surface area contributed by atoms with Gasteiger partial charge in [-0.2, -0.15) is 5.10 Å². The minimum atomic E-state index is -0.224. The fourth-order valence-electron chi connectivity index (χ4n) is 2.65. The van der Waals surface area contributed by atoms with Gasteiger partial charge in [0.15, 0.2) is 0 Å². The van der Waals surface area contributed by atoms with Crippen molar-refractivity contribution in [3.05, 3.63) is 48.0 Å². The van der Waals surface area contributed by atoms with Crippen LogP contribution in [-0.4, -0.2) is 40.4 Å². The molecule has 1 saturated heterocycles. The molecule has 2 aromatic rings. The van der Waals surface area contributed by atoms with Crippen LogP contribution in [0.4, 0.5) is 4.39 Å². The molecule has 2 heterocycles. The predicted molar refractivity (Wildman–Crippen MR) is 76.3 cm³/mol. The van der Waals surface area contributed by atoms with Crippen molar-refractivity contribution in [2.75, 3.05) is 19.6 Å². The second-order valence-corrected chi connectivity index (χ2v) is 5.30. The molecule has 20 heavy (non-hydrogen) atoms. The topological polar surface area (TPSA) is 33.1 Å². The van der Waals surface area contributed by atoms with E-state index in [1.165, 1.54) is 12.1 Å². The standard InChI is InChI=1S/C15H19FN4/c1-12-10-19(9-8-17-12)11-15-6-7-18-20(15)14-4-2-13(16)3-5-14/h2-7,12,17H,8-11H2,1H3. The van der Waals surface area contributed by atoms with Crippen molar-refractivity contribution in [3.8, 4) is 5.69 Å². The molecule has 0 saturated carbocycles. The Labute approximate surface area is 118 Å².